The van der Waals surface area contributed by atoms with Gasteiger partial charge in [0.1, 0.15) is 0 Å². The van der Waals surface area contributed by atoms with Crippen LogP contribution >= 0.6 is 0 Å². The number of nitrogens with two attached hydrogens (primary N) is 1. The maximum Gasteiger partial charge on any atom is 0.340 e. The van der Waals surface area contributed by atoms with E-state index in [0.29, 0.717) is 17.8 Å². The van der Waals surface area contributed by atoms with E-state index >= 15 is 0 Å². The largest absolute Gasteiger partial charge is 0.465 e. The molecule has 2 rings (SSSR count). The van der Waals surface area contributed by atoms with E-state index in [9.17, 15) is 4.79 Å². The van der Waals surface area contributed by atoms with E-state index < -0.39 is 5.97 Å². The first kappa shape index (κ1) is 13.9. The topological polar surface area (TPSA) is 68.5 Å². The lowest BCUT2D eigenvalue weighted by Gasteiger charge is -2.20. The summed E-state index contributed by atoms with van der Waals surface area (Å²) < 4.78 is 4.72. The third kappa shape index (κ3) is 3.06. The first-order chi connectivity index (χ1) is 9.61. The van der Waals surface area contributed by atoms with Crippen LogP contribution in [0.4, 0.5) is 11.4 Å². The van der Waals surface area contributed by atoms with Crippen molar-refractivity contribution in [3.05, 3.63) is 53.9 Å². The van der Waals surface area contributed by atoms with Crippen molar-refractivity contribution in [1.29, 1.82) is 0 Å². The van der Waals surface area contributed by atoms with Gasteiger partial charge in [0.2, 0.25) is 0 Å². The van der Waals surface area contributed by atoms with E-state index in [0.717, 1.165) is 11.3 Å². The molecule has 1 aromatic heterocycles. The van der Waals surface area contributed by atoms with Gasteiger partial charge in [-0.15, -0.1) is 0 Å². The fourth-order valence-corrected chi connectivity index (χ4v) is 1.93. The van der Waals surface area contributed by atoms with Crippen molar-refractivity contribution in [3.8, 4) is 0 Å². The van der Waals surface area contributed by atoms with Crippen LogP contribution < -0.4 is 10.6 Å². The van der Waals surface area contributed by atoms with Gasteiger partial charge in [-0.1, -0.05) is 6.07 Å². The Morgan fingerprint density at radius 2 is 2.20 bits per heavy atom. The minimum absolute atomic E-state index is 0.378. The summed E-state index contributed by atoms with van der Waals surface area (Å²) in [5, 5.41) is 0. The predicted octanol–water partition coefficient (Wildman–Crippen LogP) is 2.09. The van der Waals surface area contributed by atoms with Gasteiger partial charge < -0.3 is 15.4 Å². The molecule has 0 spiro atoms. The van der Waals surface area contributed by atoms with Crippen LogP contribution in [0, 0.1) is 0 Å². The predicted molar refractivity (Wildman–Crippen MR) is 78.5 cm³/mol. The van der Waals surface area contributed by atoms with E-state index in [1.165, 1.54) is 7.11 Å². The van der Waals surface area contributed by atoms with Crippen LogP contribution in [0.5, 0.6) is 0 Å². The number of hydrogen-bond donors (Lipinski definition) is 1. The molecular formula is C15H17N3O2. The third-order valence-corrected chi connectivity index (χ3v) is 3.03. The number of nitrogen functional groups attached to an aromatic ring is 1. The Bertz CT molecular complexity index is 599. The highest BCUT2D eigenvalue weighted by molar-refractivity contribution is 5.96. The minimum atomic E-state index is -0.431. The Labute approximate surface area is 118 Å². The number of benzene rings is 1. The van der Waals surface area contributed by atoms with Crippen molar-refractivity contribution in [2.24, 2.45) is 0 Å². The van der Waals surface area contributed by atoms with E-state index in [-0.39, 0.29) is 0 Å². The summed E-state index contributed by atoms with van der Waals surface area (Å²) >= 11 is 0. The number of ether oxygens (including phenoxy) is 1. The lowest BCUT2D eigenvalue weighted by Crippen LogP contribution is -2.17. The van der Waals surface area contributed by atoms with Crippen molar-refractivity contribution in [3.63, 3.8) is 0 Å². The highest BCUT2D eigenvalue weighted by atomic mass is 16.5. The Hall–Kier alpha value is -2.56. The molecule has 2 N–H and O–H groups in total. The molecule has 0 bridgehead atoms. The lowest BCUT2D eigenvalue weighted by molar-refractivity contribution is 0.0602. The summed E-state index contributed by atoms with van der Waals surface area (Å²) in [6.45, 7) is 0.693. The number of anilines is 2. The molecule has 2 aromatic rings. The second-order valence-electron chi connectivity index (χ2n) is 4.48. The van der Waals surface area contributed by atoms with E-state index in [1.54, 1.807) is 18.3 Å². The number of nitrogens with zero attached hydrogens (tertiary/aromatic N) is 2. The SMILES string of the molecule is COC(=O)c1cc(N(C)Cc2cccnc2)ccc1N. The number of hydrogen-bond acceptors (Lipinski definition) is 5. The summed E-state index contributed by atoms with van der Waals surface area (Å²) in [5.41, 5.74) is 8.56. The molecule has 5 heteroatoms. The van der Waals surface area contributed by atoms with Crippen LogP contribution in [-0.2, 0) is 11.3 Å². The highest BCUT2D eigenvalue weighted by Gasteiger charge is 2.12. The maximum atomic E-state index is 11.6. The van der Waals surface area contributed by atoms with Crippen LogP contribution in [-0.4, -0.2) is 25.1 Å². The Morgan fingerprint density at radius 3 is 2.85 bits per heavy atom. The smallest absolute Gasteiger partial charge is 0.340 e. The average molecular weight is 271 g/mol. The molecule has 1 aromatic carbocycles. The Kier molecular flexibility index (Phi) is 4.20. The van der Waals surface area contributed by atoms with Crippen LogP contribution in [0.25, 0.3) is 0 Å². The lowest BCUT2D eigenvalue weighted by atomic mass is 10.1. The van der Waals surface area contributed by atoms with Gasteiger partial charge in [-0.3, -0.25) is 4.98 Å². The quantitative estimate of drug-likeness (QED) is 0.681. The second-order valence-corrected chi connectivity index (χ2v) is 4.48. The summed E-state index contributed by atoms with van der Waals surface area (Å²) in [4.78, 5) is 17.7. The van der Waals surface area contributed by atoms with Crippen LogP contribution in [0.3, 0.4) is 0 Å². The summed E-state index contributed by atoms with van der Waals surface area (Å²) in [6.07, 6.45) is 3.55. The minimum Gasteiger partial charge on any atom is -0.465 e. The highest BCUT2D eigenvalue weighted by Crippen LogP contribution is 2.22. The molecule has 0 saturated carbocycles. The standard InChI is InChI=1S/C15H17N3O2/c1-18(10-11-4-3-7-17-9-11)12-5-6-14(16)13(8-12)15(19)20-2/h3-9H,10,16H2,1-2H3. The van der Waals surface area contributed by atoms with E-state index in [2.05, 4.69) is 4.98 Å². The number of rotatable bonds is 4. The molecule has 104 valence electrons. The maximum absolute atomic E-state index is 11.6. The third-order valence-electron chi connectivity index (χ3n) is 3.03. The van der Waals surface area contributed by atoms with Gasteiger partial charge in [-0.2, -0.15) is 0 Å². The first-order valence-electron chi connectivity index (χ1n) is 6.19. The van der Waals surface area contributed by atoms with Crippen molar-refractivity contribution in [2.75, 3.05) is 24.8 Å². The monoisotopic (exact) mass is 271 g/mol. The Morgan fingerprint density at radius 1 is 1.40 bits per heavy atom. The van der Waals surface area contributed by atoms with Gasteiger partial charge in [0, 0.05) is 37.4 Å². The number of aromatic nitrogens is 1. The van der Waals surface area contributed by atoms with Crippen LogP contribution in [0.2, 0.25) is 0 Å². The van der Waals surface area contributed by atoms with Crippen molar-refractivity contribution >= 4 is 17.3 Å². The molecule has 0 amide bonds. The molecule has 5 nitrogen and oxygen atoms in total. The molecule has 0 saturated heterocycles. The molecule has 0 fully saturated rings. The fraction of sp³-hybridized carbons (Fsp3) is 0.200. The number of esters is 1. The zero-order valence-electron chi connectivity index (χ0n) is 11.5. The zero-order chi connectivity index (χ0) is 14.5. The number of carbonyl (C=O) groups is 1. The van der Waals surface area contributed by atoms with Crippen LogP contribution in [0.1, 0.15) is 15.9 Å². The molecule has 0 aliphatic heterocycles. The molecule has 0 atom stereocenters. The zero-order valence-corrected chi connectivity index (χ0v) is 11.5. The summed E-state index contributed by atoms with van der Waals surface area (Å²) in [5.74, 6) is -0.431. The van der Waals surface area contributed by atoms with Gasteiger partial charge >= 0.3 is 5.97 Å². The average Bonchev–Trinajstić information content (AvgIpc) is 2.48. The molecule has 0 unspecified atom stereocenters. The van der Waals surface area contributed by atoms with Crippen molar-refractivity contribution in [2.45, 2.75) is 6.54 Å². The normalized spacial score (nSPS) is 10.1. The molecule has 0 aliphatic rings. The van der Waals surface area contributed by atoms with Gasteiger partial charge in [-0.05, 0) is 29.8 Å². The summed E-state index contributed by atoms with van der Waals surface area (Å²) in [7, 11) is 3.29. The Balaban J connectivity index is 2.22. The molecule has 20 heavy (non-hydrogen) atoms. The molecule has 0 aliphatic carbocycles. The van der Waals surface area contributed by atoms with Gasteiger partial charge in [-0.25, -0.2) is 4.79 Å². The number of methoxy groups -OCH3 is 1. The van der Waals surface area contributed by atoms with E-state index in [1.807, 2.05) is 36.3 Å². The molecule has 1 heterocycles. The summed E-state index contributed by atoms with van der Waals surface area (Å²) in [6, 6.07) is 9.21. The first-order valence-corrected chi connectivity index (χ1v) is 6.19. The molecular weight excluding hydrogens is 254 g/mol. The van der Waals surface area contributed by atoms with E-state index in [4.69, 9.17) is 10.5 Å². The second kappa shape index (κ2) is 6.06. The van der Waals surface area contributed by atoms with Crippen molar-refractivity contribution in [1.82, 2.24) is 4.98 Å². The molecule has 0 radical (unpaired) electrons. The number of pyridine rings is 1. The van der Waals surface area contributed by atoms with Gasteiger partial charge in [0.15, 0.2) is 0 Å². The van der Waals surface area contributed by atoms with Gasteiger partial charge in [0.05, 0.1) is 12.7 Å². The van der Waals surface area contributed by atoms with Gasteiger partial charge in [0.25, 0.3) is 0 Å². The van der Waals surface area contributed by atoms with Crippen LogP contribution in [0.15, 0.2) is 42.7 Å². The number of carbonyl (C=O) groups excluding carboxylic acids is 1. The van der Waals surface area contributed by atoms with Crippen molar-refractivity contribution < 1.29 is 9.53 Å². The fourth-order valence-electron chi connectivity index (χ4n) is 1.93.